The highest BCUT2D eigenvalue weighted by atomic mass is 16.5. The summed E-state index contributed by atoms with van der Waals surface area (Å²) in [5.74, 6) is 1.25. The molecular formula is C12H22N4O. The molecule has 1 heterocycles. The van der Waals surface area contributed by atoms with Gasteiger partial charge in [0.25, 0.3) is 0 Å². The van der Waals surface area contributed by atoms with E-state index in [0.717, 1.165) is 12.8 Å². The number of nitrogens with one attached hydrogen (secondary N) is 1. The molecule has 0 aliphatic rings. The Hall–Kier alpha value is -1.36. The van der Waals surface area contributed by atoms with Gasteiger partial charge >= 0.3 is 0 Å². The molecule has 1 aromatic heterocycles. The normalized spacial score (nSPS) is 11.3. The third-order valence-electron chi connectivity index (χ3n) is 3.04. The van der Waals surface area contributed by atoms with Gasteiger partial charge in [0.2, 0.25) is 5.88 Å². The van der Waals surface area contributed by atoms with Crippen LogP contribution in [0.2, 0.25) is 0 Å². The first-order valence-corrected chi connectivity index (χ1v) is 6.12. The van der Waals surface area contributed by atoms with Gasteiger partial charge < -0.3 is 15.8 Å². The van der Waals surface area contributed by atoms with Crippen LogP contribution >= 0.6 is 0 Å². The molecule has 0 radical (unpaired) electrons. The maximum absolute atomic E-state index is 5.83. The minimum absolute atomic E-state index is 0.112. The van der Waals surface area contributed by atoms with Crippen molar-refractivity contribution < 1.29 is 4.74 Å². The highest BCUT2D eigenvalue weighted by Crippen LogP contribution is 2.20. The van der Waals surface area contributed by atoms with Gasteiger partial charge in [0, 0.05) is 6.54 Å². The summed E-state index contributed by atoms with van der Waals surface area (Å²) < 4.78 is 5.32. The van der Waals surface area contributed by atoms with Crippen molar-refractivity contribution >= 4 is 5.82 Å². The Morgan fingerprint density at radius 2 is 2.00 bits per heavy atom. The second-order valence-electron chi connectivity index (χ2n) is 3.99. The SMILES string of the molecule is CCOc1cncc(NC(CC)(CC)CN)n1. The molecule has 0 atom stereocenters. The fraction of sp³-hybridized carbons (Fsp3) is 0.667. The summed E-state index contributed by atoms with van der Waals surface area (Å²) in [6, 6.07) is 0. The number of hydrogen-bond donors (Lipinski definition) is 2. The summed E-state index contributed by atoms with van der Waals surface area (Å²) in [5.41, 5.74) is 5.72. The molecule has 3 N–H and O–H groups in total. The van der Waals surface area contributed by atoms with Gasteiger partial charge in [-0.25, -0.2) is 0 Å². The van der Waals surface area contributed by atoms with Crippen LogP contribution in [0.5, 0.6) is 5.88 Å². The zero-order chi connectivity index (χ0) is 12.7. The van der Waals surface area contributed by atoms with Crippen molar-refractivity contribution in [1.82, 2.24) is 9.97 Å². The molecular weight excluding hydrogens is 216 g/mol. The maximum atomic E-state index is 5.83. The molecule has 0 saturated carbocycles. The smallest absolute Gasteiger partial charge is 0.234 e. The van der Waals surface area contributed by atoms with Gasteiger partial charge in [-0.2, -0.15) is 4.98 Å². The van der Waals surface area contributed by atoms with Gasteiger partial charge in [-0.1, -0.05) is 13.8 Å². The van der Waals surface area contributed by atoms with Crippen molar-refractivity contribution in [3.05, 3.63) is 12.4 Å². The lowest BCUT2D eigenvalue weighted by Crippen LogP contribution is -2.44. The average Bonchev–Trinajstić information content (AvgIpc) is 2.37. The summed E-state index contributed by atoms with van der Waals surface area (Å²) in [6.45, 7) is 7.30. The molecule has 0 bridgehead atoms. The van der Waals surface area contributed by atoms with E-state index >= 15 is 0 Å². The number of nitrogens with zero attached hydrogens (tertiary/aromatic N) is 2. The predicted molar refractivity (Wildman–Crippen MR) is 69.2 cm³/mol. The molecule has 0 unspecified atom stereocenters. The zero-order valence-electron chi connectivity index (χ0n) is 10.9. The fourth-order valence-electron chi connectivity index (χ4n) is 1.66. The van der Waals surface area contributed by atoms with Crippen LogP contribution in [-0.2, 0) is 0 Å². The standard InChI is InChI=1S/C12H22N4O/c1-4-12(5-2,9-13)16-10-7-14-8-11(15-10)17-6-3/h7-8H,4-6,9,13H2,1-3H3,(H,15,16). The van der Waals surface area contributed by atoms with E-state index in [4.69, 9.17) is 10.5 Å². The minimum atomic E-state index is -0.112. The minimum Gasteiger partial charge on any atom is -0.477 e. The summed E-state index contributed by atoms with van der Waals surface area (Å²) in [7, 11) is 0. The third-order valence-corrected chi connectivity index (χ3v) is 3.04. The second-order valence-corrected chi connectivity index (χ2v) is 3.99. The van der Waals surface area contributed by atoms with E-state index in [1.54, 1.807) is 12.4 Å². The Morgan fingerprint density at radius 1 is 1.29 bits per heavy atom. The average molecular weight is 238 g/mol. The number of nitrogens with two attached hydrogens (primary N) is 1. The van der Waals surface area contributed by atoms with Crippen LogP contribution in [0.4, 0.5) is 5.82 Å². The number of hydrogen-bond acceptors (Lipinski definition) is 5. The van der Waals surface area contributed by atoms with Crippen molar-refractivity contribution in [2.75, 3.05) is 18.5 Å². The van der Waals surface area contributed by atoms with Gasteiger partial charge in [-0.15, -0.1) is 0 Å². The van der Waals surface area contributed by atoms with Crippen LogP contribution in [0.25, 0.3) is 0 Å². The summed E-state index contributed by atoms with van der Waals surface area (Å²) >= 11 is 0. The first-order chi connectivity index (χ1) is 8.19. The summed E-state index contributed by atoms with van der Waals surface area (Å²) in [6.07, 6.45) is 5.19. The maximum Gasteiger partial charge on any atom is 0.234 e. The Balaban J connectivity index is 2.82. The van der Waals surface area contributed by atoms with Gasteiger partial charge in [-0.3, -0.25) is 4.98 Å². The molecule has 5 heteroatoms. The molecule has 0 aliphatic heterocycles. The molecule has 5 nitrogen and oxygen atoms in total. The van der Waals surface area contributed by atoms with Gasteiger partial charge in [0.15, 0.2) is 0 Å². The lowest BCUT2D eigenvalue weighted by atomic mass is 9.93. The number of rotatable bonds is 7. The van der Waals surface area contributed by atoms with E-state index < -0.39 is 0 Å². The van der Waals surface area contributed by atoms with E-state index in [1.807, 2.05) is 6.92 Å². The monoisotopic (exact) mass is 238 g/mol. The zero-order valence-corrected chi connectivity index (χ0v) is 10.9. The Morgan fingerprint density at radius 3 is 2.53 bits per heavy atom. The van der Waals surface area contributed by atoms with Crippen molar-refractivity contribution in [2.45, 2.75) is 39.2 Å². The number of aromatic nitrogens is 2. The Labute approximate surface area is 103 Å². The quantitative estimate of drug-likeness (QED) is 0.758. The van der Waals surface area contributed by atoms with Crippen molar-refractivity contribution in [2.24, 2.45) is 5.73 Å². The van der Waals surface area contributed by atoms with Gasteiger partial charge in [0.05, 0.1) is 24.5 Å². The molecule has 0 aromatic carbocycles. The van der Waals surface area contributed by atoms with Crippen LogP contribution in [0.15, 0.2) is 12.4 Å². The fourth-order valence-corrected chi connectivity index (χ4v) is 1.66. The van der Waals surface area contributed by atoms with E-state index in [9.17, 15) is 0 Å². The lowest BCUT2D eigenvalue weighted by molar-refractivity contribution is 0.325. The lowest BCUT2D eigenvalue weighted by Gasteiger charge is -2.31. The second kappa shape index (κ2) is 6.39. The largest absolute Gasteiger partial charge is 0.477 e. The summed E-state index contributed by atoms with van der Waals surface area (Å²) in [4.78, 5) is 8.44. The Kier molecular flexibility index (Phi) is 5.15. The van der Waals surface area contributed by atoms with Gasteiger partial charge in [0.1, 0.15) is 5.82 Å². The molecule has 0 aliphatic carbocycles. The topological polar surface area (TPSA) is 73.1 Å². The molecule has 17 heavy (non-hydrogen) atoms. The number of anilines is 1. The molecule has 1 aromatic rings. The molecule has 0 fully saturated rings. The van der Waals surface area contributed by atoms with E-state index in [1.165, 1.54) is 0 Å². The van der Waals surface area contributed by atoms with Crippen LogP contribution in [-0.4, -0.2) is 28.7 Å². The first kappa shape index (κ1) is 13.7. The third kappa shape index (κ3) is 3.56. The molecule has 1 rings (SSSR count). The number of ether oxygens (including phenoxy) is 1. The predicted octanol–water partition coefficient (Wildman–Crippen LogP) is 1.80. The van der Waals surface area contributed by atoms with Crippen molar-refractivity contribution in [3.63, 3.8) is 0 Å². The summed E-state index contributed by atoms with van der Waals surface area (Å²) in [5, 5.41) is 3.36. The molecule has 0 amide bonds. The van der Waals surface area contributed by atoms with E-state index in [0.29, 0.717) is 24.8 Å². The van der Waals surface area contributed by atoms with Crippen LogP contribution < -0.4 is 15.8 Å². The van der Waals surface area contributed by atoms with Gasteiger partial charge in [-0.05, 0) is 19.8 Å². The van der Waals surface area contributed by atoms with Crippen LogP contribution in [0.1, 0.15) is 33.6 Å². The molecule has 96 valence electrons. The first-order valence-electron chi connectivity index (χ1n) is 6.12. The van der Waals surface area contributed by atoms with Crippen LogP contribution in [0.3, 0.4) is 0 Å². The Bertz CT molecular complexity index is 331. The van der Waals surface area contributed by atoms with Crippen LogP contribution in [0, 0.1) is 0 Å². The van der Waals surface area contributed by atoms with Crippen molar-refractivity contribution in [3.8, 4) is 5.88 Å². The highest BCUT2D eigenvalue weighted by Gasteiger charge is 2.24. The van der Waals surface area contributed by atoms with Crippen molar-refractivity contribution in [1.29, 1.82) is 0 Å². The molecule has 0 saturated heterocycles. The molecule has 0 spiro atoms. The highest BCUT2D eigenvalue weighted by molar-refractivity contribution is 5.37. The van der Waals surface area contributed by atoms with E-state index in [-0.39, 0.29) is 5.54 Å². The van der Waals surface area contributed by atoms with E-state index in [2.05, 4.69) is 29.1 Å².